The number of halogens is 1. The van der Waals surface area contributed by atoms with Gasteiger partial charge >= 0.3 is 5.97 Å². The number of aromatic nitrogens is 2. The molecule has 0 aliphatic rings. The molecule has 1 aromatic heterocycles. The number of hydrogen-bond donors (Lipinski definition) is 2. The standard InChI is InChI=1S/C9H5FN2O4/c10-5-2-1-4(3-6(5)13)8-11-7(9(14)15)12-16-8/h1-3,13H,(H,14,15). The van der Waals surface area contributed by atoms with E-state index >= 15 is 0 Å². The number of nitrogens with zero attached hydrogens (tertiary/aromatic N) is 2. The average molecular weight is 224 g/mol. The van der Waals surface area contributed by atoms with Gasteiger partial charge in [0.1, 0.15) is 0 Å². The Bertz CT molecular complexity index is 552. The van der Waals surface area contributed by atoms with Gasteiger partial charge in [0.2, 0.25) is 0 Å². The maximum absolute atomic E-state index is 12.7. The summed E-state index contributed by atoms with van der Waals surface area (Å²) in [5.74, 6) is -3.30. The van der Waals surface area contributed by atoms with Crippen LogP contribution in [0, 0.1) is 5.82 Å². The van der Waals surface area contributed by atoms with Crippen LogP contribution in [0.15, 0.2) is 22.7 Å². The van der Waals surface area contributed by atoms with E-state index in [0.29, 0.717) is 0 Å². The molecule has 7 heteroatoms. The van der Waals surface area contributed by atoms with Crippen LogP contribution in [0.2, 0.25) is 0 Å². The Labute approximate surface area is 88.0 Å². The number of carboxylic acid groups (broad SMARTS) is 1. The molecule has 0 atom stereocenters. The molecular weight excluding hydrogens is 219 g/mol. The second kappa shape index (κ2) is 3.61. The predicted molar refractivity (Wildman–Crippen MR) is 48.3 cm³/mol. The molecule has 0 fully saturated rings. The molecule has 0 amide bonds. The third kappa shape index (κ3) is 1.70. The molecule has 2 aromatic rings. The summed E-state index contributed by atoms with van der Waals surface area (Å²) in [5, 5.41) is 20.8. The van der Waals surface area contributed by atoms with Crippen LogP contribution < -0.4 is 0 Å². The van der Waals surface area contributed by atoms with Crippen molar-refractivity contribution in [2.45, 2.75) is 0 Å². The van der Waals surface area contributed by atoms with Gasteiger partial charge in [-0.2, -0.15) is 4.98 Å². The van der Waals surface area contributed by atoms with Crippen molar-refractivity contribution in [3.8, 4) is 17.2 Å². The van der Waals surface area contributed by atoms with E-state index < -0.39 is 23.4 Å². The van der Waals surface area contributed by atoms with Crippen LogP contribution in [-0.4, -0.2) is 26.3 Å². The summed E-state index contributed by atoms with van der Waals surface area (Å²) < 4.78 is 17.4. The number of hydrogen-bond acceptors (Lipinski definition) is 5. The van der Waals surface area contributed by atoms with E-state index in [-0.39, 0.29) is 11.5 Å². The molecule has 1 heterocycles. The number of aromatic hydroxyl groups is 1. The normalized spacial score (nSPS) is 10.3. The highest BCUT2D eigenvalue weighted by atomic mass is 19.1. The smallest absolute Gasteiger partial charge is 0.377 e. The highest BCUT2D eigenvalue weighted by molar-refractivity contribution is 5.83. The first-order chi connectivity index (χ1) is 7.58. The van der Waals surface area contributed by atoms with Crippen molar-refractivity contribution in [1.29, 1.82) is 0 Å². The molecule has 0 aliphatic carbocycles. The quantitative estimate of drug-likeness (QED) is 0.797. The van der Waals surface area contributed by atoms with Crippen molar-refractivity contribution >= 4 is 5.97 Å². The van der Waals surface area contributed by atoms with Crippen molar-refractivity contribution in [2.24, 2.45) is 0 Å². The summed E-state index contributed by atoms with van der Waals surface area (Å²) in [5.41, 5.74) is 0.235. The second-order valence-electron chi connectivity index (χ2n) is 2.89. The van der Waals surface area contributed by atoms with E-state index in [2.05, 4.69) is 14.7 Å². The lowest BCUT2D eigenvalue weighted by molar-refractivity contribution is 0.0680. The SMILES string of the molecule is O=C(O)c1noc(-c2ccc(F)c(O)c2)n1. The fraction of sp³-hybridized carbons (Fsp3) is 0. The van der Waals surface area contributed by atoms with Gasteiger partial charge in [0.05, 0.1) is 0 Å². The monoisotopic (exact) mass is 224 g/mol. The molecule has 16 heavy (non-hydrogen) atoms. The zero-order valence-electron chi connectivity index (χ0n) is 7.72. The van der Waals surface area contributed by atoms with Crippen LogP contribution in [0.3, 0.4) is 0 Å². The number of carboxylic acids is 1. The highest BCUT2D eigenvalue weighted by Crippen LogP contribution is 2.24. The van der Waals surface area contributed by atoms with Crippen molar-refractivity contribution < 1.29 is 23.9 Å². The molecule has 6 nitrogen and oxygen atoms in total. The lowest BCUT2D eigenvalue weighted by Crippen LogP contribution is -1.98. The van der Waals surface area contributed by atoms with Crippen LogP contribution in [0.1, 0.15) is 10.6 Å². The fourth-order valence-electron chi connectivity index (χ4n) is 1.07. The average Bonchev–Trinajstić information content (AvgIpc) is 2.71. The summed E-state index contributed by atoms with van der Waals surface area (Å²) in [6.07, 6.45) is 0. The first kappa shape index (κ1) is 10.1. The maximum Gasteiger partial charge on any atom is 0.377 e. The van der Waals surface area contributed by atoms with Gasteiger partial charge in [-0.3, -0.25) is 0 Å². The number of phenols is 1. The summed E-state index contributed by atoms with van der Waals surface area (Å²) in [6.45, 7) is 0. The largest absolute Gasteiger partial charge is 0.505 e. The third-order valence-electron chi connectivity index (χ3n) is 1.81. The molecule has 0 radical (unpaired) electrons. The van der Waals surface area contributed by atoms with Crippen LogP contribution >= 0.6 is 0 Å². The Morgan fingerprint density at radius 3 is 2.75 bits per heavy atom. The van der Waals surface area contributed by atoms with E-state index in [1.807, 2.05) is 0 Å². The van der Waals surface area contributed by atoms with Gasteiger partial charge in [-0.15, -0.1) is 0 Å². The Morgan fingerprint density at radius 1 is 1.44 bits per heavy atom. The van der Waals surface area contributed by atoms with Crippen LogP contribution in [-0.2, 0) is 0 Å². The summed E-state index contributed by atoms with van der Waals surface area (Å²) in [4.78, 5) is 14.0. The molecule has 0 saturated heterocycles. The summed E-state index contributed by atoms with van der Waals surface area (Å²) in [6, 6.07) is 3.36. The molecule has 0 unspecified atom stereocenters. The van der Waals surface area contributed by atoms with Gasteiger partial charge in [0, 0.05) is 5.56 Å². The van der Waals surface area contributed by atoms with Crippen LogP contribution in [0.4, 0.5) is 4.39 Å². The Kier molecular flexibility index (Phi) is 2.28. The lowest BCUT2D eigenvalue weighted by Gasteiger charge is -1.96. The van der Waals surface area contributed by atoms with E-state index in [9.17, 15) is 9.18 Å². The number of aromatic carboxylic acids is 1. The van der Waals surface area contributed by atoms with Crippen molar-refractivity contribution in [2.75, 3.05) is 0 Å². The number of rotatable bonds is 2. The zero-order chi connectivity index (χ0) is 11.7. The minimum absolute atomic E-state index is 0.104. The Morgan fingerprint density at radius 2 is 2.19 bits per heavy atom. The summed E-state index contributed by atoms with van der Waals surface area (Å²) >= 11 is 0. The van der Waals surface area contributed by atoms with Crippen molar-refractivity contribution in [1.82, 2.24) is 10.1 Å². The van der Waals surface area contributed by atoms with Gasteiger partial charge in [-0.05, 0) is 23.4 Å². The molecule has 0 aliphatic heterocycles. The van der Waals surface area contributed by atoms with E-state index in [0.717, 1.165) is 12.1 Å². The molecular formula is C9H5FN2O4. The van der Waals surface area contributed by atoms with Crippen molar-refractivity contribution in [3.63, 3.8) is 0 Å². The molecule has 0 bridgehead atoms. The van der Waals surface area contributed by atoms with E-state index in [1.165, 1.54) is 6.07 Å². The molecule has 82 valence electrons. The van der Waals surface area contributed by atoms with Gasteiger partial charge in [0.15, 0.2) is 11.6 Å². The first-order valence-electron chi connectivity index (χ1n) is 4.14. The maximum atomic E-state index is 12.7. The van der Waals surface area contributed by atoms with Crippen LogP contribution in [0.25, 0.3) is 11.5 Å². The minimum atomic E-state index is -1.33. The molecule has 0 saturated carbocycles. The van der Waals surface area contributed by atoms with Gasteiger partial charge in [-0.25, -0.2) is 9.18 Å². The molecule has 1 aromatic carbocycles. The van der Waals surface area contributed by atoms with Gasteiger partial charge < -0.3 is 14.7 Å². The van der Waals surface area contributed by atoms with E-state index in [4.69, 9.17) is 10.2 Å². The van der Waals surface area contributed by atoms with Crippen molar-refractivity contribution in [3.05, 3.63) is 29.8 Å². The second-order valence-corrected chi connectivity index (χ2v) is 2.89. The van der Waals surface area contributed by atoms with Crippen LogP contribution in [0.5, 0.6) is 5.75 Å². The fourth-order valence-corrected chi connectivity index (χ4v) is 1.07. The minimum Gasteiger partial charge on any atom is -0.505 e. The van der Waals surface area contributed by atoms with Gasteiger partial charge in [0.25, 0.3) is 11.7 Å². The van der Waals surface area contributed by atoms with E-state index in [1.54, 1.807) is 0 Å². The molecule has 2 rings (SSSR count). The first-order valence-corrected chi connectivity index (χ1v) is 4.14. The predicted octanol–water partition coefficient (Wildman–Crippen LogP) is 1.28. The summed E-state index contributed by atoms with van der Waals surface area (Å²) in [7, 11) is 0. The number of benzene rings is 1. The number of phenolic OH excluding ortho intramolecular Hbond substituents is 1. The zero-order valence-corrected chi connectivity index (χ0v) is 7.72. The Balaban J connectivity index is 2.42. The molecule has 0 spiro atoms. The number of carbonyl (C=O) groups is 1. The topological polar surface area (TPSA) is 96.5 Å². The lowest BCUT2D eigenvalue weighted by atomic mass is 10.2. The Hall–Kier alpha value is -2.44. The molecule has 2 N–H and O–H groups in total. The van der Waals surface area contributed by atoms with Gasteiger partial charge in [-0.1, -0.05) is 0 Å². The highest BCUT2D eigenvalue weighted by Gasteiger charge is 2.15. The third-order valence-corrected chi connectivity index (χ3v) is 1.81.